The average Bonchev–Trinajstić information content (AvgIpc) is 2.85. The first-order valence-corrected chi connectivity index (χ1v) is 10.8. The highest BCUT2D eigenvalue weighted by Gasteiger charge is 2.15. The van der Waals surface area contributed by atoms with Crippen LogP contribution in [-0.4, -0.2) is 0 Å². The van der Waals surface area contributed by atoms with Crippen LogP contribution < -0.4 is 0 Å². The molecule has 0 aliphatic heterocycles. The molecule has 0 amide bonds. The minimum absolute atomic E-state index is 0.741. The van der Waals surface area contributed by atoms with E-state index in [9.17, 15) is 0 Å². The second-order valence-corrected chi connectivity index (χ2v) is 7.95. The molecule has 0 N–H and O–H groups in total. The van der Waals surface area contributed by atoms with E-state index in [-0.39, 0.29) is 0 Å². The smallest absolute Gasteiger partial charge is 0.0412 e. The standard InChI is InChI=1S/C30H21Cl/c31-24-19-20-29(30(21-24)23-13-5-2-6-14-23)28-18-10-9-17-27(28)26-16-8-7-15-25(26)22-11-3-1-4-12-22/h1-21H. The molecule has 31 heavy (non-hydrogen) atoms. The Morgan fingerprint density at radius 3 is 1.26 bits per heavy atom. The van der Waals surface area contributed by atoms with Gasteiger partial charge in [-0.25, -0.2) is 0 Å². The summed E-state index contributed by atoms with van der Waals surface area (Å²) in [6.45, 7) is 0. The lowest BCUT2D eigenvalue weighted by Crippen LogP contribution is -1.91. The van der Waals surface area contributed by atoms with Crippen LogP contribution in [-0.2, 0) is 0 Å². The third kappa shape index (κ3) is 3.91. The van der Waals surface area contributed by atoms with Crippen LogP contribution in [0.3, 0.4) is 0 Å². The van der Waals surface area contributed by atoms with E-state index in [0.29, 0.717) is 0 Å². The highest BCUT2D eigenvalue weighted by Crippen LogP contribution is 2.41. The summed E-state index contributed by atoms with van der Waals surface area (Å²) in [5.74, 6) is 0. The van der Waals surface area contributed by atoms with Crippen molar-refractivity contribution >= 4 is 11.6 Å². The molecule has 0 aliphatic carbocycles. The van der Waals surface area contributed by atoms with Crippen molar-refractivity contribution in [3.8, 4) is 44.5 Å². The Labute approximate surface area is 188 Å². The Balaban J connectivity index is 1.75. The average molecular weight is 417 g/mol. The summed E-state index contributed by atoms with van der Waals surface area (Å²) in [5, 5.41) is 0.741. The maximum atomic E-state index is 6.42. The Kier molecular flexibility index (Phi) is 5.39. The molecule has 0 atom stereocenters. The van der Waals surface area contributed by atoms with Gasteiger partial charge in [-0.2, -0.15) is 0 Å². The van der Waals surface area contributed by atoms with Crippen molar-refractivity contribution in [1.29, 1.82) is 0 Å². The highest BCUT2D eigenvalue weighted by atomic mass is 35.5. The van der Waals surface area contributed by atoms with Gasteiger partial charge in [0.05, 0.1) is 0 Å². The van der Waals surface area contributed by atoms with E-state index >= 15 is 0 Å². The van der Waals surface area contributed by atoms with Gasteiger partial charge in [-0.3, -0.25) is 0 Å². The lowest BCUT2D eigenvalue weighted by molar-refractivity contribution is 1.55. The van der Waals surface area contributed by atoms with E-state index in [0.717, 1.165) is 16.1 Å². The molecule has 0 bridgehead atoms. The molecule has 0 nitrogen and oxygen atoms in total. The van der Waals surface area contributed by atoms with Crippen LogP contribution in [0.25, 0.3) is 44.5 Å². The molecule has 0 aromatic heterocycles. The number of benzene rings is 5. The molecule has 0 aliphatic rings. The summed E-state index contributed by atoms with van der Waals surface area (Å²) in [6, 6.07) is 44.4. The SMILES string of the molecule is Clc1ccc(-c2ccccc2-c2ccccc2-c2ccccc2)c(-c2ccccc2)c1. The second-order valence-electron chi connectivity index (χ2n) is 7.51. The van der Waals surface area contributed by atoms with Gasteiger partial charge in [0.2, 0.25) is 0 Å². The summed E-state index contributed by atoms with van der Waals surface area (Å²) < 4.78 is 0. The summed E-state index contributed by atoms with van der Waals surface area (Å²) in [5.41, 5.74) is 9.54. The zero-order valence-corrected chi connectivity index (χ0v) is 17.8. The zero-order chi connectivity index (χ0) is 21.0. The van der Waals surface area contributed by atoms with Gasteiger partial charge in [-0.1, -0.05) is 127 Å². The van der Waals surface area contributed by atoms with Crippen molar-refractivity contribution < 1.29 is 0 Å². The van der Waals surface area contributed by atoms with Crippen LogP contribution in [0, 0.1) is 0 Å². The summed E-state index contributed by atoms with van der Waals surface area (Å²) >= 11 is 6.42. The van der Waals surface area contributed by atoms with Gasteiger partial charge in [0.1, 0.15) is 0 Å². The van der Waals surface area contributed by atoms with Crippen LogP contribution in [0.4, 0.5) is 0 Å². The summed E-state index contributed by atoms with van der Waals surface area (Å²) in [4.78, 5) is 0. The van der Waals surface area contributed by atoms with Crippen molar-refractivity contribution in [2.45, 2.75) is 0 Å². The Bertz CT molecular complexity index is 1320. The summed E-state index contributed by atoms with van der Waals surface area (Å²) in [7, 11) is 0. The maximum Gasteiger partial charge on any atom is 0.0412 e. The van der Waals surface area contributed by atoms with Crippen LogP contribution in [0.15, 0.2) is 127 Å². The maximum absolute atomic E-state index is 6.42. The van der Waals surface area contributed by atoms with Crippen molar-refractivity contribution in [3.05, 3.63) is 132 Å². The highest BCUT2D eigenvalue weighted by molar-refractivity contribution is 6.31. The normalized spacial score (nSPS) is 10.7. The van der Waals surface area contributed by atoms with Gasteiger partial charge in [-0.15, -0.1) is 0 Å². The third-order valence-corrected chi connectivity index (χ3v) is 5.82. The monoisotopic (exact) mass is 416 g/mol. The second kappa shape index (κ2) is 8.63. The number of halogens is 1. The minimum Gasteiger partial charge on any atom is -0.0843 e. The Hall–Kier alpha value is -3.61. The van der Waals surface area contributed by atoms with E-state index < -0.39 is 0 Å². The predicted molar refractivity (Wildman–Crippen MR) is 133 cm³/mol. The van der Waals surface area contributed by atoms with E-state index in [2.05, 4.69) is 115 Å². The molecule has 0 heterocycles. The Morgan fingerprint density at radius 1 is 0.323 bits per heavy atom. The lowest BCUT2D eigenvalue weighted by atomic mass is 9.87. The minimum atomic E-state index is 0.741. The fourth-order valence-corrected chi connectivity index (χ4v) is 4.32. The first-order chi connectivity index (χ1) is 15.3. The molecule has 5 aromatic carbocycles. The molecule has 0 fully saturated rings. The van der Waals surface area contributed by atoms with Gasteiger partial charge >= 0.3 is 0 Å². The van der Waals surface area contributed by atoms with E-state index in [1.165, 1.54) is 33.4 Å². The fourth-order valence-electron chi connectivity index (χ4n) is 4.15. The first kappa shape index (κ1) is 19.4. The molecule has 0 spiro atoms. The van der Waals surface area contributed by atoms with Gasteiger partial charge in [0.15, 0.2) is 0 Å². The largest absolute Gasteiger partial charge is 0.0843 e. The fraction of sp³-hybridized carbons (Fsp3) is 0. The molecule has 5 aromatic rings. The van der Waals surface area contributed by atoms with Crippen LogP contribution in [0.5, 0.6) is 0 Å². The molecule has 148 valence electrons. The Morgan fingerprint density at radius 2 is 0.710 bits per heavy atom. The van der Waals surface area contributed by atoms with Crippen molar-refractivity contribution in [2.75, 3.05) is 0 Å². The quantitative estimate of drug-likeness (QED) is 0.274. The molecule has 0 radical (unpaired) electrons. The van der Waals surface area contributed by atoms with Crippen molar-refractivity contribution in [3.63, 3.8) is 0 Å². The van der Waals surface area contributed by atoms with Crippen molar-refractivity contribution in [1.82, 2.24) is 0 Å². The molecule has 0 saturated carbocycles. The zero-order valence-electron chi connectivity index (χ0n) is 17.0. The van der Waals surface area contributed by atoms with Crippen molar-refractivity contribution in [2.24, 2.45) is 0 Å². The molecule has 5 rings (SSSR count). The van der Waals surface area contributed by atoms with E-state index in [1.807, 2.05) is 12.1 Å². The van der Waals surface area contributed by atoms with Gasteiger partial charge in [0, 0.05) is 5.02 Å². The van der Waals surface area contributed by atoms with Crippen LogP contribution in [0.2, 0.25) is 5.02 Å². The first-order valence-electron chi connectivity index (χ1n) is 10.4. The number of hydrogen-bond donors (Lipinski definition) is 0. The molecular formula is C30H21Cl. The summed E-state index contributed by atoms with van der Waals surface area (Å²) in [6.07, 6.45) is 0. The molecule has 1 heteroatoms. The van der Waals surface area contributed by atoms with E-state index in [1.54, 1.807) is 0 Å². The molecule has 0 saturated heterocycles. The van der Waals surface area contributed by atoms with Crippen LogP contribution in [0.1, 0.15) is 0 Å². The topological polar surface area (TPSA) is 0 Å². The molecule has 0 unspecified atom stereocenters. The third-order valence-electron chi connectivity index (χ3n) is 5.59. The molecular weight excluding hydrogens is 396 g/mol. The van der Waals surface area contributed by atoms with Gasteiger partial charge in [-0.05, 0) is 56.6 Å². The predicted octanol–water partition coefficient (Wildman–Crippen LogP) is 9.01. The lowest BCUT2D eigenvalue weighted by Gasteiger charge is -2.17. The number of hydrogen-bond acceptors (Lipinski definition) is 0. The number of rotatable bonds is 4. The van der Waals surface area contributed by atoms with Gasteiger partial charge < -0.3 is 0 Å². The van der Waals surface area contributed by atoms with Crippen LogP contribution >= 0.6 is 11.6 Å². The van der Waals surface area contributed by atoms with Gasteiger partial charge in [0.25, 0.3) is 0 Å². The van der Waals surface area contributed by atoms with E-state index in [4.69, 9.17) is 11.6 Å².